The molecule has 4 rings (SSSR count). The van der Waals surface area contributed by atoms with Crippen molar-refractivity contribution in [1.29, 1.82) is 0 Å². The molecule has 2 N–H and O–H groups in total. The molecule has 0 aromatic carbocycles. The first kappa shape index (κ1) is 21.6. The van der Waals surface area contributed by atoms with Crippen molar-refractivity contribution in [3.05, 3.63) is 41.5 Å². The molecule has 0 aliphatic carbocycles. The fraction of sp³-hybridized carbons (Fsp3) is 0.353. The Kier molecular flexibility index (Phi) is 6.34. The van der Waals surface area contributed by atoms with Crippen molar-refractivity contribution in [1.82, 2.24) is 15.2 Å². The molecule has 13 heteroatoms. The number of carboxylic acid groups (broad SMARTS) is 1. The van der Waals surface area contributed by atoms with Crippen LogP contribution in [-0.2, 0) is 20.8 Å². The quantitative estimate of drug-likeness (QED) is 0.437. The largest absolute Gasteiger partial charge is 0.477 e. The number of hydrogen-bond donors (Lipinski definition) is 2. The van der Waals surface area contributed by atoms with Gasteiger partial charge in [0.05, 0.1) is 6.42 Å². The molecule has 2 aromatic rings. The molecule has 0 saturated carbocycles. The van der Waals surface area contributed by atoms with Crippen LogP contribution in [0.2, 0.25) is 0 Å². The van der Waals surface area contributed by atoms with Gasteiger partial charge in [-0.15, -0.1) is 23.1 Å². The van der Waals surface area contributed by atoms with E-state index in [4.69, 9.17) is 0 Å². The van der Waals surface area contributed by atoms with Crippen LogP contribution in [0.15, 0.2) is 31.2 Å². The number of nitrogens with zero attached hydrogens (tertiary/aromatic N) is 2. The van der Waals surface area contributed by atoms with Crippen LogP contribution >= 0.6 is 57.5 Å². The molecule has 2 aromatic heterocycles. The number of amides is 2. The number of thioether (sulfide) groups is 2. The zero-order valence-corrected chi connectivity index (χ0v) is 19.5. The van der Waals surface area contributed by atoms with Gasteiger partial charge >= 0.3 is 5.97 Å². The van der Waals surface area contributed by atoms with Crippen molar-refractivity contribution >= 4 is 75.3 Å². The van der Waals surface area contributed by atoms with Crippen LogP contribution in [0.4, 0.5) is 0 Å². The van der Waals surface area contributed by atoms with E-state index >= 15 is 0 Å². The second-order valence-electron chi connectivity index (χ2n) is 6.49. The van der Waals surface area contributed by atoms with Crippen molar-refractivity contribution < 1.29 is 19.5 Å². The molecule has 1 saturated heterocycles. The summed E-state index contributed by atoms with van der Waals surface area (Å²) in [7, 11) is 0. The minimum Gasteiger partial charge on any atom is -0.477 e. The van der Waals surface area contributed by atoms with Crippen LogP contribution < -0.4 is 9.37 Å². The monoisotopic (exact) mass is 501 g/mol. The molecule has 30 heavy (non-hydrogen) atoms. The van der Waals surface area contributed by atoms with Gasteiger partial charge in [0.2, 0.25) is 5.91 Å². The third-order valence-corrected chi connectivity index (χ3v) is 9.91. The Bertz CT molecular complexity index is 1100. The Hall–Kier alpha value is -1.67. The summed E-state index contributed by atoms with van der Waals surface area (Å²) in [4.78, 5) is 54.4. The first-order chi connectivity index (χ1) is 14.3. The van der Waals surface area contributed by atoms with Crippen LogP contribution in [0.1, 0.15) is 10.6 Å². The van der Waals surface area contributed by atoms with E-state index in [1.54, 1.807) is 5.38 Å². The molecule has 1 fully saturated rings. The topological polar surface area (TPSA) is 117 Å². The second kappa shape index (κ2) is 8.83. The lowest BCUT2D eigenvalue weighted by Crippen LogP contribution is -2.70. The normalized spacial score (nSPS) is 20.7. The predicted molar refractivity (Wildman–Crippen MR) is 119 cm³/mol. The maximum Gasteiger partial charge on any atom is 0.352 e. The van der Waals surface area contributed by atoms with E-state index in [0.29, 0.717) is 22.0 Å². The molecule has 0 radical (unpaired) electrons. The van der Waals surface area contributed by atoms with Gasteiger partial charge in [-0.25, -0.2) is 9.78 Å². The summed E-state index contributed by atoms with van der Waals surface area (Å²) in [6, 6.07) is -0.761. The lowest BCUT2D eigenvalue weighted by atomic mass is 10.0. The molecule has 0 spiro atoms. The van der Waals surface area contributed by atoms with Crippen molar-refractivity contribution in [2.45, 2.75) is 29.1 Å². The smallest absolute Gasteiger partial charge is 0.352 e. The summed E-state index contributed by atoms with van der Waals surface area (Å²) >= 11 is 6.45. The van der Waals surface area contributed by atoms with E-state index in [2.05, 4.69) is 10.3 Å². The highest BCUT2D eigenvalue weighted by molar-refractivity contribution is 8.01. The van der Waals surface area contributed by atoms with Crippen molar-refractivity contribution in [3.63, 3.8) is 0 Å². The number of aromatic nitrogens is 1. The Morgan fingerprint density at radius 3 is 2.77 bits per heavy atom. The van der Waals surface area contributed by atoms with Gasteiger partial charge in [0.25, 0.3) is 9.96 Å². The molecule has 2 unspecified atom stereocenters. The molecular formula is C17H15N3O5S5. The number of aliphatic carboxylic acids is 1. The third-order valence-electron chi connectivity index (χ3n) is 4.37. The lowest BCUT2D eigenvalue weighted by Gasteiger charge is -2.49. The minimum atomic E-state index is -1.15. The fourth-order valence-corrected chi connectivity index (χ4v) is 8.13. The molecule has 2 aliphatic heterocycles. The Morgan fingerprint density at radius 2 is 2.13 bits per heavy atom. The SMILES string of the molecule is Cc1csc(SCC2=C(C(=O)O)N3C(=O)C(NC(=O)Cc4csc(=O)s4)C3SC2)n1. The van der Waals surface area contributed by atoms with Gasteiger partial charge in [-0.3, -0.25) is 19.3 Å². The predicted octanol–water partition coefficient (Wildman–Crippen LogP) is 2.01. The first-order valence-corrected chi connectivity index (χ1v) is 13.3. The van der Waals surface area contributed by atoms with Gasteiger partial charge in [0, 0.05) is 32.8 Å². The van der Waals surface area contributed by atoms with Crippen LogP contribution in [0, 0.1) is 6.92 Å². The first-order valence-electron chi connectivity index (χ1n) is 8.65. The number of β-lactam (4-membered cyclic amide) rings is 1. The number of rotatable bonds is 7. The summed E-state index contributed by atoms with van der Waals surface area (Å²) in [6.45, 7) is 1.90. The maximum absolute atomic E-state index is 12.7. The summed E-state index contributed by atoms with van der Waals surface area (Å²) in [5.41, 5.74) is 1.59. The Morgan fingerprint density at radius 1 is 1.33 bits per heavy atom. The highest BCUT2D eigenvalue weighted by atomic mass is 32.2. The zero-order chi connectivity index (χ0) is 21.4. The number of carbonyl (C=O) groups is 3. The van der Waals surface area contributed by atoms with Gasteiger partial charge in [-0.1, -0.05) is 34.4 Å². The Balaban J connectivity index is 1.43. The fourth-order valence-electron chi connectivity index (χ4n) is 3.07. The summed E-state index contributed by atoms with van der Waals surface area (Å²) < 4.78 is 0.772. The molecule has 158 valence electrons. The molecule has 0 bridgehead atoms. The van der Waals surface area contributed by atoms with Gasteiger partial charge in [0.15, 0.2) is 0 Å². The average Bonchev–Trinajstić information content (AvgIpc) is 3.31. The number of aryl methyl sites for hydroxylation is 1. The van der Waals surface area contributed by atoms with Crippen LogP contribution in [0.5, 0.6) is 0 Å². The molecular weight excluding hydrogens is 487 g/mol. The lowest BCUT2D eigenvalue weighted by molar-refractivity contribution is -0.150. The highest BCUT2D eigenvalue weighted by Crippen LogP contribution is 2.41. The van der Waals surface area contributed by atoms with Crippen molar-refractivity contribution in [2.75, 3.05) is 11.5 Å². The number of hydrogen-bond acceptors (Lipinski definition) is 10. The summed E-state index contributed by atoms with van der Waals surface area (Å²) in [5, 5.41) is 15.5. The van der Waals surface area contributed by atoms with E-state index in [1.807, 2.05) is 12.3 Å². The van der Waals surface area contributed by atoms with Crippen LogP contribution in [0.3, 0.4) is 0 Å². The molecule has 2 aliphatic rings. The summed E-state index contributed by atoms with van der Waals surface area (Å²) in [5.74, 6) is -1.03. The molecule has 8 nitrogen and oxygen atoms in total. The third kappa shape index (κ3) is 4.35. The van der Waals surface area contributed by atoms with E-state index in [9.17, 15) is 24.3 Å². The standard InChI is InChI=1S/C17H15N3O5S5/c1-7-3-27-16(18-7)28-5-8-4-26-14-11(13(22)20(14)12(8)15(23)24)19-10(21)2-9-6-29-17(25)30-9/h3,6,11,14H,2,4-5H2,1H3,(H,19,21)(H,23,24). The van der Waals surface area contributed by atoms with Crippen molar-refractivity contribution in [2.24, 2.45) is 0 Å². The molecule has 2 atom stereocenters. The number of nitrogens with one attached hydrogen (secondary N) is 1. The Labute approximate surface area is 191 Å². The van der Waals surface area contributed by atoms with Crippen LogP contribution in [0.25, 0.3) is 0 Å². The van der Waals surface area contributed by atoms with Gasteiger partial charge < -0.3 is 10.4 Å². The molecule has 2 amide bonds. The van der Waals surface area contributed by atoms with Gasteiger partial charge in [-0.05, 0) is 12.5 Å². The van der Waals surface area contributed by atoms with E-state index in [1.165, 1.54) is 39.8 Å². The average molecular weight is 502 g/mol. The number of thiazole rings is 1. The minimum absolute atomic E-state index is 0.00563. The number of carboxylic acids is 1. The maximum atomic E-state index is 12.7. The van der Waals surface area contributed by atoms with Gasteiger partial charge in [-0.2, -0.15) is 0 Å². The number of carbonyl (C=O) groups excluding carboxylic acids is 2. The summed E-state index contributed by atoms with van der Waals surface area (Å²) in [6.07, 6.45) is 0.0291. The number of fused-ring (bicyclic) bond motifs is 1. The second-order valence-corrected chi connectivity index (χ2v) is 11.9. The van der Waals surface area contributed by atoms with E-state index in [0.717, 1.165) is 32.7 Å². The zero-order valence-electron chi connectivity index (χ0n) is 15.4. The van der Waals surface area contributed by atoms with Gasteiger partial charge in [0.1, 0.15) is 21.5 Å². The highest BCUT2D eigenvalue weighted by Gasteiger charge is 2.54. The molecule has 4 heterocycles. The van der Waals surface area contributed by atoms with Crippen LogP contribution in [-0.4, -0.2) is 55.7 Å². The van der Waals surface area contributed by atoms with E-state index < -0.39 is 23.3 Å². The van der Waals surface area contributed by atoms with E-state index in [-0.39, 0.29) is 22.1 Å². The van der Waals surface area contributed by atoms with Crippen molar-refractivity contribution in [3.8, 4) is 0 Å².